The van der Waals surface area contributed by atoms with Crippen LogP contribution in [0.3, 0.4) is 0 Å². The van der Waals surface area contributed by atoms with Crippen LogP contribution in [0.1, 0.15) is 67.6 Å². The zero-order valence-corrected chi connectivity index (χ0v) is 25.5. The van der Waals surface area contributed by atoms with Crippen LogP contribution in [0.4, 0.5) is 0 Å². The highest BCUT2D eigenvalue weighted by Crippen LogP contribution is 2.35. The van der Waals surface area contributed by atoms with Crippen LogP contribution in [0, 0.1) is 11.8 Å². The molecule has 0 spiro atoms. The molecular weight excluding hydrogens is 530 g/mol. The molecule has 1 saturated carbocycles. The third kappa shape index (κ3) is 6.94. The van der Waals surface area contributed by atoms with Crippen LogP contribution in [0.5, 0.6) is 0 Å². The maximum absolute atomic E-state index is 14.3. The van der Waals surface area contributed by atoms with Gasteiger partial charge in [-0.15, -0.1) is 0 Å². The zero-order chi connectivity index (χ0) is 29.6. The first kappa shape index (κ1) is 29.4. The minimum atomic E-state index is -0.00868. The van der Waals surface area contributed by atoms with E-state index in [0.29, 0.717) is 24.6 Å². The van der Waals surface area contributed by atoms with Crippen molar-refractivity contribution in [2.45, 2.75) is 64.0 Å². The lowest BCUT2D eigenvalue weighted by Gasteiger charge is -2.39. The summed E-state index contributed by atoms with van der Waals surface area (Å²) >= 11 is 0. The minimum absolute atomic E-state index is 0.00868. The second-order valence-corrected chi connectivity index (χ2v) is 12.8. The van der Waals surface area contributed by atoms with Gasteiger partial charge in [-0.05, 0) is 73.3 Å². The first-order chi connectivity index (χ1) is 21.1. The molecule has 2 aliphatic rings. The number of carbonyl (C=O) groups excluding carboxylic acids is 1. The topological polar surface area (TPSA) is 45.6 Å². The molecule has 6 rings (SSSR count). The summed E-state index contributed by atoms with van der Waals surface area (Å²) in [6, 6.07) is 31.6. The van der Waals surface area contributed by atoms with Crippen molar-refractivity contribution in [1.29, 1.82) is 0 Å². The molecule has 2 heterocycles. The van der Waals surface area contributed by atoms with Crippen molar-refractivity contribution >= 4 is 16.8 Å². The zero-order valence-electron chi connectivity index (χ0n) is 25.5. The molecule has 1 unspecified atom stereocenters. The number of piperidine rings is 1. The third-order valence-corrected chi connectivity index (χ3v) is 9.93. The SMILES string of the molecule is Cn1c(=O)c(CN(CC(c2ccccc2)C2CCN(Cc3ccccc3)CC2)C(=O)C2CCCCC2)cc2ccccc21. The molecule has 0 bridgehead atoms. The number of hydrogen-bond acceptors (Lipinski definition) is 3. The average Bonchev–Trinajstić information content (AvgIpc) is 3.06. The van der Waals surface area contributed by atoms with Crippen molar-refractivity contribution in [3.8, 4) is 0 Å². The van der Waals surface area contributed by atoms with Gasteiger partial charge < -0.3 is 9.47 Å². The highest BCUT2D eigenvalue weighted by Gasteiger charge is 2.33. The lowest BCUT2D eigenvalue weighted by atomic mass is 9.79. The molecular formula is C38H45N3O2. The van der Waals surface area contributed by atoms with E-state index in [9.17, 15) is 9.59 Å². The fourth-order valence-electron chi connectivity index (χ4n) is 7.47. The van der Waals surface area contributed by atoms with Gasteiger partial charge in [0, 0.05) is 37.5 Å². The molecule has 0 N–H and O–H groups in total. The third-order valence-electron chi connectivity index (χ3n) is 9.93. The number of aromatic nitrogens is 1. The van der Waals surface area contributed by atoms with Crippen LogP contribution in [0.25, 0.3) is 10.9 Å². The predicted molar refractivity (Wildman–Crippen MR) is 175 cm³/mol. The van der Waals surface area contributed by atoms with E-state index in [0.717, 1.165) is 69.1 Å². The number of rotatable bonds is 9. The molecule has 3 aromatic carbocycles. The van der Waals surface area contributed by atoms with Crippen LogP contribution < -0.4 is 5.56 Å². The number of benzene rings is 3. The number of nitrogens with zero attached hydrogens (tertiary/aromatic N) is 3. The molecule has 1 aliphatic heterocycles. The van der Waals surface area contributed by atoms with Gasteiger partial charge in [-0.25, -0.2) is 0 Å². The van der Waals surface area contributed by atoms with Gasteiger partial charge in [0.15, 0.2) is 0 Å². The Hall–Kier alpha value is -3.70. The summed E-state index contributed by atoms with van der Waals surface area (Å²) in [6.07, 6.45) is 7.57. The normalized spacial score (nSPS) is 17.6. The van der Waals surface area contributed by atoms with Gasteiger partial charge in [-0.1, -0.05) is 98.1 Å². The standard InChI is InChI=1S/C38H45N3O2/c1-39-36-20-12-11-19-33(36)25-34(37(39)42)27-41(38(43)32-17-9-4-10-18-32)28-35(30-15-7-3-8-16-30)31-21-23-40(24-22-31)26-29-13-5-2-6-14-29/h2-3,5-8,11-16,19-20,25,31-32,35H,4,9-10,17-18,21-24,26-28H2,1H3. The van der Waals surface area contributed by atoms with Crippen molar-refractivity contribution in [2.75, 3.05) is 19.6 Å². The number of likely N-dealkylation sites (tertiary alicyclic amines) is 1. The lowest BCUT2D eigenvalue weighted by molar-refractivity contribution is -0.137. The Morgan fingerprint density at radius 1 is 0.837 bits per heavy atom. The van der Waals surface area contributed by atoms with E-state index in [1.807, 2.05) is 31.3 Å². The minimum Gasteiger partial charge on any atom is -0.337 e. The molecule has 5 heteroatoms. The number of pyridine rings is 1. The summed E-state index contributed by atoms with van der Waals surface area (Å²) < 4.78 is 1.74. The van der Waals surface area contributed by atoms with E-state index in [1.165, 1.54) is 17.5 Å². The highest BCUT2D eigenvalue weighted by atomic mass is 16.2. The second kappa shape index (κ2) is 13.7. The van der Waals surface area contributed by atoms with Crippen LogP contribution >= 0.6 is 0 Å². The Kier molecular flexibility index (Phi) is 9.38. The molecule has 1 amide bonds. The Morgan fingerprint density at radius 3 is 2.21 bits per heavy atom. The maximum atomic E-state index is 14.3. The average molecular weight is 576 g/mol. The first-order valence-corrected chi connectivity index (χ1v) is 16.2. The fourth-order valence-corrected chi connectivity index (χ4v) is 7.47. The molecule has 2 fully saturated rings. The van der Waals surface area contributed by atoms with Gasteiger partial charge in [-0.3, -0.25) is 14.5 Å². The van der Waals surface area contributed by atoms with E-state index in [1.54, 1.807) is 4.57 Å². The van der Waals surface area contributed by atoms with Crippen molar-refractivity contribution < 1.29 is 4.79 Å². The largest absolute Gasteiger partial charge is 0.337 e. The molecule has 5 nitrogen and oxygen atoms in total. The maximum Gasteiger partial charge on any atom is 0.255 e. The highest BCUT2D eigenvalue weighted by molar-refractivity contribution is 5.81. The quantitative estimate of drug-likeness (QED) is 0.213. The number of hydrogen-bond donors (Lipinski definition) is 0. The van der Waals surface area contributed by atoms with Crippen LogP contribution in [0.15, 0.2) is 95.8 Å². The lowest BCUT2D eigenvalue weighted by Crippen LogP contribution is -2.43. The van der Waals surface area contributed by atoms with Crippen molar-refractivity contribution in [3.05, 3.63) is 118 Å². The monoisotopic (exact) mass is 575 g/mol. The van der Waals surface area contributed by atoms with Crippen molar-refractivity contribution in [2.24, 2.45) is 18.9 Å². The summed E-state index contributed by atoms with van der Waals surface area (Å²) in [5.74, 6) is 1.01. The number of fused-ring (bicyclic) bond motifs is 1. The summed E-state index contributed by atoms with van der Waals surface area (Å²) in [6.45, 7) is 4.12. The first-order valence-electron chi connectivity index (χ1n) is 16.2. The van der Waals surface area contributed by atoms with E-state index in [-0.39, 0.29) is 23.3 Å². The molecule has 224 valence electrons. The predicted octanol–water partition coefficient (Wildman–Crippen LogP) is 7.14. The van der Waals surface area contributed by atoms with Crippen LogP contribution in [-0.2, 0) is 24.9 Å². The Labute approximate surface area is 256 Å². The molecule has 1 atom stereocenters. The summed E-state index contributed by atoms with van der Waals surface area (Å²) in [7, 11) is 1.84. The van der Waals surface area contributed by atoms with E-state index >= 15 is 0 Å². The Morgan fingerprint density at radius 2 is 1.49 bits per heavy atom. The van der Waals surface area contributed by atoms with Gasteiger partial charge in [-0.2, -0.15) is 0 Å². The number of amides is 1. The van der Waals surface area contributed by atoms with E-state index in [4.69, 9.17) is 0 Å². The molecule has 4 aromatic rings. The number of para-hydroxylation sites is 1. The number of carbonyl (C=O) groups is 1. The van der Waals surface area contributed by atoms with Crippen molar-refractivity contribution in [1.82, 2.24) is 14.4 Å². The van der Waals surface area contributed by atoms with E-state index in [2.05, 4.69) is 76.5 Å². The molecule has 1 saturated heterocycles. The molecule has 1 aromatic heterocycles. The van der Waals surface area contributed by atoms with Gasteiger partial charge in [0.2, 0.25) is 5.91 Å². The van der Waals surface area contributed by atoms with E-state index < -0.39 is 0 Å². The second-order valence-electron chi connectivity index (χ2n) is 12.8. The summed E-state index contributed by atoms with van der Waals surface area (Å²) in [5, 5.41) is 1.04. The van der Waals surface area contributed by atoms with Gasteiger partial charge >= 0.3 is 0 Å². The Bertz CT molecular complexity index is 1550. The molecule has 0 radical (unpaired) electrons. The van der Waals surface area contributed by atoms with Gasteiger partial charge in [0.1, 0.15) is 0 Å². The van der Waals surface area contributed by atoms with Crippen molar-refractivity contribution in [3.63, 3.8) is 0 Å². The Balaban J connectivity index is 1.28. The fraction of sp³-hybridized carbons (Fsp3) is 0.421. The smallest absolute Gasteiger partial charge is 0.255 e. The number of aryl methyl sites for hydroxylation is 1. The van der Waals surface area contributed by atoms with Gasteiger partial charge in [0.25, 0.3) is 5.56 Å². The molecule has 1 aliphatic carbocycles. The van der Waals surface area contributed by atoms with Crippen LogP contribution in [0.2, 0.25) is 0 Å². The summed E-state index contributed by atoms with van der Waals surface area (Å²) in [4.78, 5) is 32.5. The van der Waals surface area contributed by atoms with Gasteiger partial charge in [0.05, 0.1) is 12.1 Å². The summed E-state index contributed by atoms with van der Waals surface area (Å²) in [5.41, 5.74) is 4.28. The molecule has 43 heavy (non-hydrogen) atoms. The van der Waals surface area contributed by atoms with Crippen LogP contribution in [-0.4, -0.2) is 39.9 Å².